The number of ether oxygens (including phenoxy) is 1. The molecule has 15 heavy (non-hydrogen) atoms. The Hall–Kier alpha value is -1.29. The zero-order chi connectivity index (χ0) is 11.3. The molecule has 1 aromatic carbocycles. The van der Waals surface area contributed by atoms with Gasteiger partial charge in [0.25, 0.3) is 0 Å². The van der Waals surface area contributed by atoms with Crippen molar-refractivity contribution in [3.05, 3.63) is 42.6 Å². The first kappa shape index (κ1) is 11.8. The van der Waals surface area contributed by atoms with Crippen LogP contribution in [0.5, 0.6) is 5.75 Å². The second kappa shape index (κ2) is 5.56. The van der Waals surface area contributed by atoms with Gasteiger partial charge in [0.05, 0.1) is 13.7 Å². The van der Waals surface area contributed by atoms with Crippen molar-refractivity contribution in [3.63, 3.8) is 0 Å². The van der Waals surface area contributed by atoms with Crippen LogP contribution >= 0.6 is 0 Å². The first-order valence-electron chi connectivity index (χ1n) is 4.53. The summed E-state index contributed by atoms with van der Waals surface area (Å²) >= 11 is 0. The van der Waals surface area contributed by atoms with Gasteiger partial charge in [-0.3, -0.25) is 4.31 Å². The van der Waals surface area contributed by atoms with Crippen LogP contribution in [-0.4, -0.2) is 21.9 Å². The largest absolute Gasteiger partial charge is 0.497 e. The maximum atomic E-state index is 11.2. The first-order chi connectivity index (χ1) is 7.17. The van der Waals surface area contributed by atoms with Crippen LogP contribution in [0, 0.1) is 0 Å². The van der Waals surface area contributed by atoms with Crippen LogP contribution < -0.4 is 4.74 Å². The molecular formula is C11H15NO2S. The summed E-state index contributed by atoms with van der Waals surface area (Å²) in [5.41, 5.74) is 1.07. The van der Waals surface area contributed by atoms with Crippen LogP contribution in [-0.2, 0) is 17.5 Å². The van der Waals surface area contributed by atoms with E-state index >= 15 is 0 Å². The standard InChI is InChI=1S/C11H15NO2S/c1-4-12(15(3)13)9-10-5-7-11(14-2)8-6-10/h4-8H,1,9H2,2-3H3. The minimum atomic E-state index is -1.03. The Morgan fingerprint density at radius 1 is 1.47 bits per heavy atom. The van der Waals surface area contributed by atoms with Crippen LogP contribution in [0.4, 0.5) is 0 Å². The predicted molar refractivity (Wildman–Crippen MR) is 62.8 cm³/mol. The van der Waals surface area contributed by atoms with Crippen molar-refractivity contribution in [2.45, 2.75) is 6.54 Å². The molecule has 0 saturated heterocycles. The topological polar surface area (TPSA) is 29.5 Å². The summed E-state index contributed by atoms with van der Waals surface area (Å²) in [6, 6.07) is 7.66. The molecule has 0 N–H and O–H groups in total. The normalized spacial score (nSPS) is 11.9. The van der Waals surface area contributed by atoms with E-state index in [1.807, 2.05) is 24.3 Å². The molecule has 0 aliphatic rings. The van der Waals surface area contributed by atoms with Crippen molar-refractivity contribution >= 4 is 11.0 Å². The lowest BCUT2D eigenvalue weighted by atomic mass is 10.2. The maximum Gasteiger partial charge on any atom is 0.118 e. The molecule has 1 aromatic rings. The Morgan fingerprint density at radius 3 is 2.47 bits per heavy atom. The molecule has 0 amide bonds. The molecule has 0 saturated carbocycles. The first-order valence-corrected chi connectivity index (χ1v) is 6.04. The van der Waals surface area contributed by atoms with Gasteiger partial charge >= 0.3 is 0 Å². The van der Waals surface area contributed by atoms with Crippen molar-refractivity contribution in [2.75, 3.05) is 13.4 Å². The third-order valence-electron chi connectivity index (χ3n) is 2.03. The summed E-state index contributed by atoms with van der Waals surface area (Å²) < 4.78 is 18.0. The van der Waals surface area contributed by atoms with Crippen LogP contribution in [0.2, 0.25) is 0 Å². The number of rotatable bonds is 5. The Morgan fingerprint density at radius 2 is 2.07 bits per heavy atom. The molecule has 0 aliphatic heterocycles. The van der Waals surface area contributed by atoms with Crippen LogP contribution in [0.1, 0.15) is 5.56 Å². The minimum absolute atomic E-state index is 0.594. The predicted octanol–water partition coefficient (Wildman–Crippen LogP) is 1.93. The van der Waals surface area contributed by atoms with Gasteiger partial charge in [0.15, 0.2) is 0 Å². The SMILES string of the molecule is C=CN(Cc1ccc(OC)cc1)S(C)=O. The Labute approximate surface area is 92.9 Å². The molecule has 1 atom stereocenters. The van der Waals surface area contributed by atoms with Gasteiger partial charge in [-0.05, 0) is 17.7 Å². The highest BCUT2D eigenvalue weighted by atomic mass is 32.2. The quantitative estimate of drug-likeness (QED) is 0.766. The summed E-state index contributed by atoms with van der Waals surface area (Å²) in [5.74, 6) is 0.821. The highest BCUT2D eigenvalue weighted by molar-refractivity contribution is 7.81. The van der Waals surface area contributed by atoms with Gasteiger partial charge in [-0.1, -0.05) is 18.7 Å². The molecule has 0 aliphatic carbocycles. The highest BCUT2D eigenvalue weighted by Crippen LogP contribution is 2.13. The molecule has 0 spiro atoms. The van der Waals surface area contributed by atoms with E-state index in [-0.39, 0.29) is 0 Å². The van der Waals surface area contributed by atoms with Gasteiger partial charge in [-0.15, -0.1) is 0 Å². The fourth-order valence-electron chi connectivity index (χ4n) is 1.17. The smallest absolute Gasteiger partial charge is 0.118 e. The Balaban J connectivity index is 2.71. The summed E-state index contributed by atoms with van der Waals surface area (Å²) in [5, 5.41) is 0. The van der Waals surface area contributed by atoms with Gasteiger partial charge in [-0.2, -0.15) is 0 Å². The molecule has 82 valence electrons. The Bertz CT molecular complexity index is 348. The van der Waals surface area contributed by atoms with E-state index in [4.69, 9.17) is 4.74 Å². The van der Waals surface area contributed by atoms with Crippen molar-refractivity contribution in [1.29, 1.82) is 0 Å². The molecule has 0 radical (unpaired) electrons. The average Bonchev–Trinajstić information content (AvgIpc) is 2.26. The number of benzene rings is 1. The lowest BCUT2D eigenvalue weighted by Gasteiger charge is -2.16. The maximum absolute atomic E-state index is 11.2. The van der Waals surface area contributed by atoms with E-state index in [0.29, 0.717) is 6.54 Å². The molecule has 1 rings (SSSR count). The third kappa shape index (κ3) is 3.40. The van der Waals surface area contributed by atoms with E-state index in [9.17, 15) is 4.21 Å². The number of hydrogen-bond acceptors (Lipinski definition) is 2. The zero-order valence-electron chi connectivity index (χ0n) is 8.97. The second-order valence-electron chi connectivity index (χ2n) is 3.03. The lowest BCUT2D eigenvalue weighted by molar-refractivity contribution is 0.414. The van der Waals surface area contributed by atoms with Crippen molar-refractivity contribution in [3.8, 4) is 5.75 Å². The van der Waals surface area contributed by atoms with Crippen LogP contribution in [0.3, 0.4) is 0 Å². The van der Waals surface area contributed by atoms with Gasteiger partial charge in [0, 0.05) is 12.5 Å². The molecule has 4 heteroatoms. The highest BCUT2D eigenvalue weighted by Gasteiger charge is 2.03. The zero-order valence-corrected chi connectivity index (χ0v) is 9.79. The number of methoxy groups -OCH3 is 1. The molecule has 0 aromatic heterocycles. The third-order valence-corrected chi connectivity index (χ3v) is 2.97. The molecule has 0 bridgehead atoms. The second-order valence-corrected chi connectivity index (χ2v) is 4.35. The van der Waals surface area contributed by atoms with Crippen molar-refractivity contribution in [2.24, 2.45) is 0 Å². The van der Waals surface area contributed by atoms with E-state index in [1.165, 1.54) is 0 Å². The van der Waals surface area contributed by atoms with Gasteiger partial charge < -0.3 is 4.74 Å². The van der Waals surface area contributed by atoms with Crippen molar-refractivity contribution < 1.29 is 8.95 Å². The minimum Gasteiger partial charge on any atom is -0.497 e. The number of hydrogen-bond donors (Lipinski definition) is 0. The van der Waals surface area contributed by atoms with Crippen LogP contribution in [0.15, 0.2) is 37.0 Å². The van der Waals surface area contributed by atoms with Crippen LogP contribution in [0.25, 0.3) is 0 Å². The molecular weight excluding hydrogens is 210 g/mol. The monoisotopic (exact) mass is 225 g/mol. The summed E-state index contributed by atoms with van der Waals surface area (Å²) in [7, 11) is 0.604. The molecule has 0 heterocycles. The van der Waals surface area contributed by atoms with Gasteiger partial charge in [0.2, 0.25) is 0 Å². The summed E-state index contributed by atoms with van der Waals surface area (Å²) in [4.78, 5) is 0. The lowest BCUT2D eigenvalue weighted by Crippen LogP contribution is -2.17. The molecule has 0 fully saturated rings. The number of nitrogens with zero attached hydrogens (tertiary/aromatic N) is 1. The molecule has 1 unspecified atom stereocenters. The fraction of sp³-hybridized carbons (Fsp3) is 0.273. The van der Waals surface area contributed by atoms with E-state index in [2.05, 4.69) is 6.58 Å². The van der Waals surface area contributed by atoms with E-state index in [0.717, 1.165) is 11.3 Å². The van der Waals surface area contributed by atoms with E-state index in [1.54, 1.807) is 23.9 Å². The summed E-state index contributed by atoms with van der Waals surface area (Å²) in [6.07, 6.45) is 3.21. The fourth-order valence-corrected chi connectivity index (χ4v) is 1.71. The van der Waals surface area contributed by atoms with Gasteiger partial charge in [0.1, 0.15) is 16.7 Å². The summed E-state index contributed by atoms with van der Waals surface area (Å²) in [6.45, 7) is 4.21. The van der Waals surface area contributed by atoms with Gasteiger partial charge in [-0.25, -0.2) is 4.21 Å². The molecule has 3 nitrogen and oxygen atoms in total. The van der Waals surface area contributed by atoms with Crippen molar-refractivity contribution in [1.82, 2.24) is 4.31 Å². The van der Waals surface area contributed by atoms with E-state index < -0.39 is 11.0 Å². The Kier molecular flexibility index (Phi) is 4.37. The average molecular weight is 225 g/mol.